The molecule has 1 aliphatic rings. The monoisotopic (exact) mass is 465 g/mol. The number of nitrogens with one attached hydrogen (secondary N) is 2. The number of rotatable bonds is 7. The second kappa shape index (κ2) is 8.04. The van der Waals surface area contributed by atoms with Crippen LogP contribution in [-0.4, -0.2) is 34.4 Å². The number of aryl methyl sites for hydroxylation is 1. The lowest BCUT2D eigenvalue weighted by molar-refractivity contribution is -0.119. The zero-order chi connectivity index (χ0) is 23.2. The van der Waals surface area contributed by atoms with Crippen LogP contribution in [-0.2, 0) is 21.2 Å². The number of carbonyl (C=O) groups excluding carboxylic acids is 1. The molecule has 2 heterocycles. The zero-order valence-corrected chi connectivity index (χ0v) is 18.5. The molecular weight excluding hydrogens is 445 g/mol. The van der Waals surface area contributed by atoms with Crippen LogP contribution in [0.4, 0.5) is 10.1 Å². The molecule has 0 atom stereocenters. The first-order valence-electron chi connectivity index (χ1n) is 10.4. The largest absolute Gasteiger partial charge is 0.299 e. The fraction of sp³-hybridized carbons (Fsp3) is 0.217. The number of halogens is 1. The van der Waals surface area contributed by atoms with Crippen molar-refractivity contribution in [1.29, 1.82) is 0 Å². The first-order chi connectivity index (χ1) is 15.8. The molecule has 2 N–H and O–H groups in total. The third kappa shape index (κ3) is 4.34. The minimum absolute atomic E-state index is 0.161. The highest BCUT2D eigenvalue weighted by Gasteiger charge is 2.30. The number of ketones is 1. The van der Waals surface area contributed by atoms with E-state index in [0.29, 0.717) is 33.7 Å². The summed E-state index contributed by atoms with van der Waals surface area (Å²) in [4.78, 5) is 20.6. The number of anilines is 1. The predicted molar refractivity (Wildman–Crippen MR) is 121 cm³/mol. The fourth-order valence-corrected chi connectivity index (χ4v) is 4.79. The van der Waals surface area contributed by atoms with Crippen LogP contribution < -0.4 is 4.72 Å². The summed E-state index contributed by atoms with van der Waals surface area (Å²) in [5, 5.41) is 7.04. The number of hydrogen-bond donors (Lipinski definition) is 2. The summed E-state index contributed by atoms with van der Waals surface area (Å²) in [6.45, 7) is 1.69. The van der Waals surface area contributed by atoms with Crippen molar-refractivity contribution in [3.8, 4) is 11.3 Å². The molecule has 1 fully saturated rings. The molecule has 4 aromatic rings. The van der Waals surface area contributed by atoms with Crippen molar-refractivity contribution in [2.24, 2.45) is 5.92 Å². The lowest BCUT2D eigenvalue weighted by Crippen LogP contribution is -2.14. The molecule has 0 spiro atoms. The summed E-state index contributed by atoms with van der Waals surface area (Å²) < 4.78 is 41.6. The number of fused-ring (bicyclic) bond motifs is 1. The third-order valence-electron chi connectivity index (χ3n) is 5.53. The molecule has 0 saturated heterocycles. The van der Waals surface area contributed by atoms with Crippen molar-refractivity contribution < 1.29 is 17.6 Å². The van der Waals surface area contributed by atoms with Gasteiger partial charge in [-0.05, 0) is 49.6 Å². The van der Waals surface area contributed by atoms with Gasteiger partial charge in [0, 0.05) is 17.2 Å². The van der Waals surface area contributed by atoms with Crippen LogP contribution in [0.1, 0.15) is 24.1 Å². The van der Waals surface area contributed by atoms with Gasteiger partial charge in [-0.25, -0.2) is 22.8 Å². The van der Waals surface area contributed by atoms with Crippen LogP contribution >= 0.6 is 0 Å². The summed E-state index contributed by atoms with van der Waals surface area (Å²) in [5.74, 6) is -0.463. The van der Waals surface area contributed by atoms with Gasteiger partial charge < -0.3 is 0 Å². The van der Waals surface area contributed by atoms with E-state index >= 15 is 0 Å². The van der Waals surface area contributed by atoms with E-state index in [1.54, 1.807) is 37.4 Å². The van der Waals surface area contributed by atoms with Gasteiger partial charge in [0.25, 0.3) is 10.0 Å². The number of aromatic amines is 1. The Balaban J connectivity index is 1.35. The van der Waals surface area contributed by atoms with Crippen molar-refractivity contribution in [2.75, 3.05) is 4.72 Å². The van der Waals surface area contributed by atoms with E-state index < -0.39 is 20.7 Å². The molecule has 0 bridgehead atoms. The predicted octanol–water partition coefficient (Wildman–Crippen LogP) is 3.79. The number of H-pyrrole nitrogens is 1. The van der Waals surface area contributed by atoms with Crippen molar-refractivity contribution in [3.63, 3.8) is 0 Å². The maximum Gasteiger partial charge on any atom is 0.264 e. The van der Waals surface area contributed by atoms with Crippen LogP contribution in [0.3, 0.4) is 0 Å². The second-order valence-corrected chi connectivity index (χ2v) is 9.81. The molecule has 1 aliphatic carbocycles. The van der Waals surface area contributed by atoms with E-state index in [4.69, 9.17) is 0 Å². The number of nitrogens with zero attached hydrogens (tertiary/aromatic N) is 3. The molecule has 33 heavy (non-hydrogen) atoms. The van der Waals surface area contributed by atoms with E-state index in [0.717, 1.165) is 18.9 Å². The Labute approximate surface area is 189 Å². The molecule has 0 unspecified atom stereocenters. The molecule has 0 amide bonds. The minimum atomic E-state index is -4.08. The number of benzene rings is 2. The molecular formula is C23H20FN5O3S. The van der Waals surface area contributed by atoms with E-state index in [9.17, 15) is 17.6 Å². The molecule has 0 radical (unpaired) electrons. The Bertz CT molecular complexity index is 1480. The van der Waals surface area contributed by atoms with Gasteiger partial charge in [0.1, 0.15) is 22.0 Å². The number of hydrogen-bond acceptors (Lipinski definition) is 6. The highest BCUT2D eigenvalue weighted by Crippen LogP contribution is 2.31. The highest BCUT2D eigenvalue weighted by atomic mass is 32.2. The number of Topliss-reactive ketones (excluding diaryl/α,β-unsaturated/α-hetero) is 1. The SMILES string of the molecule is Cc1ccc(F)c(S(=O)(=O)Nc2ccc(-c3cnc4c(CC(=O)C5CC5)[nH]nc4n3)cc2)c1. The van der Waals surface area contributed by atoms with Gasteiger partial charge in [0.05, 0.1) is 24.0 Å². The van der Waals surface area contributed by atoms with Gasteiger partial charge in [-0.1, -0.05) is 18.2 Å². The number of carbonyl (C=O) groups is 1. The summed E-state index contributed by atoms with van der Waals surface area (Å²) >= 11 is 0. The molecule has 10 heteroatoms. The Morgan fingerprint density at radius 1 is 1.18 bits per heavy atom. The normalized spacial score (nSPS) is 13.9. The van der Waals surface area contributed by atoms with E-state index in [1.807, 2.05) is 0 Å². The van der Waals surface area contributed by atoms with E-state index in [2.05, 4.69) is 24.9 Å². The molecule has 8 nitrogen and oxygen atoms in total. The summed E-state index contributed by atoms with van der Waals surface area (Å²) in [7, 11) is -4.08. The van der Waals surface area contributed by atoms with Crippen LogP contribution in [0.5, 0.6) is 0 Å². The van der Waals surface area contributed by atoms with Gasteiger partial charge in [0.2, 0.25) is 0 Å². The molecule has 168 valence electrons. The van der Waals surface area contributed by atoms with E-state index in [1.165, 1.54) is 12.1 Å². The number of aromatic nitrogens is 4. The zero-order valence-electron chi connectivity index (χ0n) is 17.7. The molecule has 2 aromatic heterocycles. The average Bonchev–Trinajstić information content (AvgIpc) is 3.58. The van der Waals surface area contributed by atoms with Crippen molar-refractivity contribution >= 4 is 32.7 Å². The summed E-state index contributed by atoms with van der Waals surface area (Å²) in [6.07, 6.45) is 3.76. The van der Waals surface area contributed by atoms with Gasteiger partial charge in [-0.2, -0.15) is 5.10 Å². The Morgan fingerprint density at radius 3 is 2.67 bits per heavy atom. The van der Waals surface area contributed by atoms with E-state index in [-0.39, 0.29) is 23.8 Å². The Morgan fingerprint density at radius 2 is 1.94 bits per heavy atom. The van der Waals surface area contributed by atoms with Crippen LogP contribution in [0.25, 0.3) is 22.4 Å². The van der Waals surface area contributed by atoms with Crippen molar-refractivity contribution in [3.05, 3.63) is 65.7 Å². The Kier molecular flexibility index (Phi) is 5.16. The lowest BCUT2D eigenvalue weighted by atomic mass is 10.1. The number of sulfonamides is 1. The fourth-order valence-electron chi connectivity index (χ4n) is 3.57. The molecule has 0 aliphatic heterocycles. The smallest absolute Gasteiger partial charge is 0.264 e. The van der Waals surface area contributed by atoms with Gasteiger partial charge in [0.15, 0.2) is 5.65 Å². The van der Waals surface area contributed by atoms with Crippen molar-refractivity contribution in [2.45, 2.75) is 31.1 Å². The maximum absolute atomic E-state index is 14.0. The first-order valence-corrected chi connectivity index (χ1v) is 11.9. The highest BCUT2D eigenvalue weighted by molar-refractivity contribution is 7.92. The molecule has 2 aromatic carbocycles. The quantitative estimate of drug-likeness (QED) is 0.429. The van der Waals surface area contributed by atoms with Gasteiger partial charge in [-0.3, -0.25) is 14.6 Å². The maximum atomic E-state index is 14.0. The Hall–Kier alpha value is -3.66. The van der Waals surface area contributed by atoms with Gasteiger partial charge >= 0.3 is 0 Å². The van der Waals surface area contributed by atoms with Crippen LogP contribution in [0.2, 0.25) is 0 Å². The third-order valence-corrected chi connectivity index (χ3v) is 6.93. The molecule has 1 saturated carbocycles. The first kappa shape index (κ1) is 21.2. The minimum Gasteiger partial charge on any atom is -0.299 e. The van der Waals surface area contributed by atoms with Crippen LogP contribution in [0.15, 0.2) is 53.6 Å². The van der Waals surface area contributed by atoms with Crippen molar-refractivity contribution in [1.82, 2.24) is 20.2 Å². The standard InChI is InChI=1S/C23H20FN5O3S/c1-13-2-9-17(24)21(10-13)33(31,32)29-16-7-5-14(6-8-16)19-12-25-22-18(27-28-23(22)26-19)11-20(30)15-3-4-15/h2,5-10,12,15,29H,3-4,11H2,1H3,(H,26,27,28). The molecule has 5 rings (SSSR count). The average molecular weight is 466 g/mol. The topological polar surface area (TPSA) is 118 Å². The second-order valence-electron chi connectivity index (χ2n) is 8.16. The summed E-state index contributed by atoms with van der Waals surface area (Å²) in [5.41, 5.74) is 3.81. The van der Waals surface area contributed by atoms with Crippen LogP contribution in [0, 0.1) is 18.7 Å². The van der Waals surface area contributed by atoms with Gasteiger partial charge in [-0.15, -0.1) is 0 Å². The summed E-state index contributed by atoms with van der Waals surface area (Å²) in [6, 6.07) is 10.4. The lowest BCUT2D eigenvalue weighted by Gasteiger charge is -2.10.